The lowest BCUT2D eigenvalue weighted by Crippen LogP contribution is -2.31. The average molecular weight is 384 g/mol. The first-order valence-corrected chi connectivity index (χ1v) is 9.39. The first-order chi connectivity index (χ1) is 13.1. The fraction of sp³-hybridized carbons (Fsp3) is 0.250. The highest BCUT2D eigenvalue weighted by molar-refractivity contribution is 7.99. The fourth-order valence-corrected chi connectivity index (χ4v) is 2.85. The summed E-state index contributed by atoms with van der Waals surface area (Å²) < 4.78 is 10.7. The summed E-state index contributed by atoms with van der Waals surface area (Å²) in [7, 11) is 0. The van der Waals surface area contributed by atoms with E-state index in [4.69, 9.17) is 14.7 Å². The van der Waals surface area contributed by atoms with Crippen LogP contribution < -0.4 is 10.1 Å². The standard InChI is InChI=1S/C20H20N2O4S/c1-2-17(26-15-8-4-3-5-9-15)20(24)25-14-19(23)22-16-10-6-7-11-18(16)27-13-12-21/h3-11,17H,2,13-14H2,1H3,(H,22,23)/t17-/m0/s1. The van der Waals surface area contributed by atoms with Gasteiger partial charge in [0.15, 0.2) is 12.7 Å². The molecule has 140 valence electrons. The smallest absolute Gasteiger partial charge is 0.347 e. The predicted octanol–water partition coefficient (Wildman–Crippen LogP) is 3.64. The molecule has 1 atom stereocenters. The Morgan fingerprint density at radius 3 is 2.56 bits per heavy atom. The topological polar surface area (TPSA) is 88.4 Å². The maximum atomic E-state index is 12.2. The van der Waals surface area contributed by atoms with E-state index < -0.39 is 24.6 Å². The van der Waals surface area contributed by atoms with E-state index in [1.165, 1.54) is 11.8 Å². The fourth-order valence-electron chi connectivity index (χ4n) is 2.18. The van der Waals surface area contributed by atoms with Crippen molar-refractivity contribution in [3.8, 4) is 11.8 Å². The summed E-state index contributed by atoms with van der Waals surface area (Å²) in [6.45, 7) is 1.39. The van der Waals surface area contributed by atoms with E-state index in [-0.39, 0.29) is 5.75 Å². The molecule has 0 aromatic heterocycles. The Morgan fingerprint density at radius 1 is 1.15 bits per heavy atom. The number of thioether (sulfide) groups is 1. The molecule has 0 fully saturated rings. The van der Waals surface area contributed by atoms with Crippen LogP contribution in [0.15, 0.2) is 59.5 Å². The molecule has 0 aliphatic heterocycles. The third kappa shape index (κ3) is 6.68. The summed E-state index contributed by atoms with van der Waals surface area (Å²) in [6.07, 6.45) is -0.359. The second kappa shape index (κ2) is 10.9. The summed E-state index contributed by atoms with van der Waals surface area (Å²) in [6, 6.07) is 18.1. The average Bonchev–Trinajstić information content (AvgIpc) is 2.70. The predicted molar refractivity (Wildman–Crippen MR) is 104 cm³/mol. The molecule has 0 spiro atoms. The number of hydrogen-bond donors (Lipinski definition) is 1. The number of nitrogens with zero attached hydrogens (tertiary/aromatic N) is 1. The van der Waals surface area contributed by atoms with Gasteiger partial charge in [0.1, 0.15) is 5.75 Å². The van der Waals surface area contributed by atoms with Crippen molar-refractivity contribution in [1.82, 2.24) is 0 Å². The Balaban J connectivity index is 1.87. The number of ether oxygens (including phenoxy) is 2. The number of anilines is 1. The Bertz CT molecular complexity index is 805. The number of rotatable bonds is 9. The zero-order valence-corrected chi connectivity index (χ0v) is 15.7. The molecular weight excluding hydrogens is 364 g/mol. The van der Waals surface area contributed by atoms with Gasteiger partial charge in [0.05, 0.1) is 17.5 Å². The van der Waals surface area contributed by atoms with Crippen molar-refractivity contribution in [3.05, 3.63) is 54.6 Å². The summed E-state index contributed by atoms with van der Waals surface area (Å²) >= 11 is 1.32. The Morgan fingerprint density at radius 2 is 1.85 bits per heavy atom. The van der Waals surface area contributed by atoms with Crippen LogP contribution in [0.3, 0.4) is 0 Å². The Labute approximate surface area is 162 Å². The van der Waals surface area contributed by atoms with Gasteiger partial charge in [-0.1, -0.05) is 37.3 Å². The number of esters is 1. The van der Waals surface area contributed by atoms with Crippen LogP contribution in [0.25, 0.3) is 0 Å². The van der Waals surface area contributed by atoms with E-state index in [1.807, 2.05) is 36.4 Å². The minimum atomic E-state index is -0.779. The quantitative estimate of drug-likeness (QED) is 0.524. The van der Waals surface area contributed by atoms with E-state index in [0.717, 1.165) is 4.90 Å². The van der Waals surface area contributed by atoms with E-state index in [1.54, 1.807) is 31.2 Å². The summed E-state index contributed by atoms with van der Waals surface area (Å²) in [5.41, 5.74) is 0.575. The lowest BCUT2D eigenvalue weighted by molar-refractivity contribution is -0.154. The maximum absolute atomic E-state index is 12.2. The minimum absolute atomic E-state index is 0.275. The zero-order valence-electron chi connectivity index (χ0n) is 14.9. The van der Waals surface area contributed by atoms with Gasteiger partial charge >= 0.3 is 5.97 Å². The number of hydrogen-bond acceptors (Lipinski definition) is 6. The van der Waals surface area contributed by atoms with Crippen LogP contribution in [-0.2, 0) is 14.3 Å². The third-order valence-corrected chi connectivity index (χ3v) is 4.39. The molecule has 0 unspecified atom stereocenters. The van der Waals surface area contributed by atoms with Gasteiger partial charge in [-0.05, 0) is 30.7 Å². The molecule has 0 saturated heterocycles. The molecule has 0 saturated carbocycles. The molecule has 0 radical (unpaired) electrons. The SMILES string of the molecule is CC[C@H](Oc1ccccc1)C(=O)OCC(=O)Nc1ccccc1SCC#N. The highest BCUT2D eigenvalue weighted by atomic mass is 32.2. The molecule has 0 aliphatic rings. The van der Waals surface area contributed by atoms with Crippen molar-refractivity contribution in [2.45, 2.75) is 24.3 Å². The molecule has 6 nitrogen and oxygen atoms in total. The van der Waals surface area contributed by atoms with Crippen LogP contribution in [-0.4, -0.2) is 30.3 Å². The monoisotopic (exact) mass is 384 g/mol. The van der Waals surface area contributed by atoms with Gasteiger partial charge in [0.25, 0.3) is 5.91 Å². The van der Waals surface area contributed by atoms with Crippen molar-refractivity contribution >= 4 is 29.3 Å². The van der Waals surface area contributed by atoms with Gasteiger partial charge in [0, 0.05) is 4.90 Å². The summed E-state index contributed by atoms with van der Waals surface area (Å²) in [5.74, 6) is -0.211. The van der Waals surface area contributed by atoms with Crippen LogP contribution in [0, 0.1) is 11.3 Å². The van der Waals surface area contributed by atoms with Gasteiger partial charge in [-0.2, -0.15) is 5.26 Å². The van der Waals surface area contributed by atoms with Crippen molar-refractivity contribution in [2.75, 3.05) is 17.7 Å². The van der Waals surface area contributed by atoms with Crippen LogP contribution in [0.1, 0.15) is 13.3 Å². The molecule has 7 heteroatoms. The second-order valence-electron chi connectivity index (χ2n) is 5.43. The maximum Gasteiger partial charge on any atom is 0.347 e. The second-order valence-corrected chi connectivity index (χ2v) is 6.44. The summed E-state index contributed by atoms with van der Waals surface area (Å²) in [5, 5.41) is 11.4. The van der Waals surface area contributed by atoms with E-state index in [0.29, 0.717) is 17.9 Å². The molecule has 27 heavy (non-hydrogen) atoms. The number of amides is 1. The van der Waals surface area contributed by atoms with Gasteiger partial charge in [-0.15, -0.1) is 11.8 Å². The van der Waals surface area contributed by atoms with Gasteiger partial charge in [-0.3, -0.25) is 4.79 Å². The Hall–Kier alpha value is -2.98. The number of para-hydroxylation sites is 2. The third-order valence-electron chi connectivity index (χ3n) is 3.45. The molecule has 2 aromatic carbocycles. The van der Waals surface area contributed by atoms with Crippen molar-refractivity contribution < 1.29 is 19.1 Å². The lowest BCUT2D eigenvalue weighted by atomic mass is 10.2. The van der Waals surface area contributed by atoms with Gasteiger partial charge in [0.2, 0.25) is 0 Å². The van der Waals surface area contributed by atoms with Crippen molar-refractivity contribution in [1.29, 1.82) is 5.26 Å². The molecule has 2 rings (SSSR count). The van der Waals surface area contributed by atoms with Crippen LogP contribution in [0.5, 0.6) is 5.75 Å². The van der Waals surface area contributed by atoms with Crippen molar-refractivity contribution in [2.24, 2.45) is 0 Å². The lowest BCUT2D eigenvalue weighted by Gasteiger charge is -2.16. The molecule has 2 aromatic rings. The Kier molecular flexibility index (Phi) is 8.20. The minimum Gasteiger partial charge on any atom is -0.479 e. The van der Waals surface area contributed by atoms with E-state index in [9.17, 15) is 9.59 Å². The molecule has 1 amide bonds. The molecule has 0 bridgehead atoms. The molecular formula is C20H20N2O4S. The zero-order chi connectivity index (χ0) is 19.5. The molecule has 0 aliphatic carbocycles. The number of carbonyl (C=O) groups excluding carboxylic acids is 2. The van der Waals surface area contributed by atoms with E-state index >= 15 is 0 Å². The van der Waals surface area contributed by atoms with Crippen LogP contribution >= 0.6 is 11.8 Å². The van der Waals surface area contributed by atoms with Crippen LogP contribution in [0.2, 0.25) is 0 Å². The molecule has 1 N–H and O–H groups in total. The first-order valence-electron chi connectivity index (χ1n) is 8.41. The first kappa shape index (κ1) is 20.3. The largest absolute Gasteiger partial charge is 0.479 e. The number of benzene rings is 2. The normalized spacial score (nSPS) is 11.1. The van der Waals surface area contributed by atoms with Crippen LogP contribution in [0.4, 0.5) is 5.69 Å². The highest BCUT2D eigenvalue weighted by Gasteiger charge is 2.21. The van der Waals surface area contributed by atoms with Gasteiger partial charge in [-0.25, -0.2) is 4.79 Å². The van der Waals surface area contributed by atoms with Gasteiger partial charge < -0.3 is 14.8 Å². The summed E-state index contributed by atoms with van der Waals surface area (Å²) in [4.78, 5) is 25.1. The van der Waals surface area contributed by atoms with E-state index in [2.05, 4.69) is 5.32 Å². The highest BCUT2D eigenvalue weighted by Crippen LogP contribution is 2.26. The number of nitrogens with one attached hydrogen (secondary N) is 1. The number of nitriles is 1. The van der Waals surface area contributed by atoms with Crippen molar-refractivity contribution in [3.63, 3.8) is 0 Å². The molecule has 0 heterocycles. The number of carbonyl (C=O) groups is 2.